The van der Waals surface area contributed by atoms with Crippen LogP contribution in [0.4, 0.5) is 11.9 Å². The first-order chi connectivity index (χ1) is 8.19. The number of rotatable bonds is 4. The maximum Gasteiger partial charge on any atom is 0.242 e. The number of nitrogens with one attached hydrogen (secondary N) is 1. The Bertz CT molecular complexity index is 484. The van der Waals surface area contributed by atoms with Gasteiger partial charge in [0.2, 0.25) is 11.9 Å². The molecule has 0 bridgehead atoms. The third-order valence-corrected chi connectivity index (χ3v) is 3.72. The van der Waals surface area contributed by atoms with Crippen LogP contribution < -0.4 is 16.2 Å². The largest absolute Gasteiger partial charge is 0.347 e. The van der Waals surface area contributed by atoms with Gasteiger partial charge in [-0.15, -0.1) is 11.3 Å². The highest BCUT2D eigenvalue weighted by Crippen LogP contribution is 2.29. The van der Waals surface area contributed by atoms with Crippen LogP contribution in [0, 0.1) is 0 Å². The number of anilines is 2. The van der Waals surface area contributed by atoms with Gasteiger partial charge in [-0.25, -0.2) is 5.84 Å². The summed E-state index contributed by atoms with van der Waals surface area (Å²) < 4.78 is 1.13. The molecule has 0 fully saturated rings. The van der Waals surface area contributed by atoms with E-state index < -0.39 is 0 Å². The van der Waals surface area contributed by atoms with Crippen molar-refractivity contribution < 1.29 is 0 Å². The molecule has 3 N–H and O–H groups in total. The summed E-state index contributed by atoms with van der Waals surface area (Å²) in [7, 11) is 3.74. The zero-order valence-corrected chi connectivity index (χ0v) is 11.0. The van der Waals surface area contributed by atoms with Gasteiger partial charge in [-0.2, -0.15) is 15.0 Å². The minimum Gasteiger partial charge on any atom is -0.347 e. The lowest BCUT2D eigenvalue weighted by molar-refractivity contribution is 0.866. The van der Waals surface area contributed by atoms with Crippen molar-refractivity contribution in [3.05, 3.63) is 17.5 Å². The van der Waals surface area contributed by atoms with Gasteiger partial charge in [-0.05, 0) is 23.2 Å². The summed E-state index contributed by atoms with van der Waals surface area (Å²) in [6.45, 7) is 0. The van der Waals surface area contributed by atoms with E-state index in [1.54, 1.807) is 16.2 Å². The minimum absolute atomic E-state index is 0.364. The van der Waals surface area contributed by atoms with Crippen molar-refractivity contribution in [1.82, 2.24) is 15.0 Å². The molecule has 2 aromatic rings. The molecule has 0 saturated heterocycles. The van der Waals surface area contributed by atoms with Gasteiger partial charge in [-0.1, -0.05) is 6.07 Å². The first-order valence-electron chi connectivity index (χ1n) is 4.80. The van der Waals surface area contributed by atoms with Gasteiger partial charge >= 0.3 is 0 Å². The van der Waals surface area contributed by atoms with E-state index in [0.29, 0.717) is 17.1 Å². The van der Waals surface area contributed by atoms with E-state index in [2.05, 4.69) is 20.4 Å². The van der Waals surface area contributed by atoms with E-state index in [9.17, 15) is 0 Å². The fraction of sp³-hybridized carbons (Fsp3) is 0.222. The number of hydrogen-bond donors (Lipinski definition) is 2. The summed E-state index contributed by atoms with van der Waals surface area (Å²) >= 11 is 3.13. The highest BCUT2D eigenvalue weighted by molar-refractivity contribution is 8.01. The summed E-state index contributed by atoms with van der Waals surface area (Å²) in [5.74, 6) is 6.27. The molecule has 0 spiro atoms. The monoisotopic (exact) mass is 268 g/mol. The van der Waals surface area contributed by atoms with E-state index in [1.807, 2.05) is 31.6 Å². The molecule has 0 aliphatic heterocycles. The highest BCUT2D eigenvalue weighted by atomic mass is 32.2. The third kappa shape index (κ3) is 3.05. The summed E-state index contributed by atoms with van der Waals surface area (Å²) in [6, 6.07) is 4.01. The van der Waals surface area contributed by atoms with Crippen LogP contribution in [0.1, 0.15) is 0 Å². The molecule has 2 aromatic heterocycles. The molecular weight excluding hydrogens is 256 g/mol. The summed E-state index contributed by atoms with van der Waals surface area (Å²) in [5.41, 5.74) is 2.44. The van der Waals surface area contributed by atoms with Gasteiger partial charge in [0.1, 0.15) is 0 Å². The average Bonchev–Trinajstić information content (AvgIpc) is 2.81. The molecule has 90 valence electrons. The lowest BCUT2D eigenvalue weighted by Gasteiger charge is -2.11. The topological polar surface area (TPSA) is 80.0 Å². The van der Waals surface area contributed by atoms with Gasteiger partial charge < -0.3 is 4.90 Å². The van der Waals surface area contributed by atoms with E-state index in [4.69, 9.17) is 5.84 Å². The molecule has 8 heteroatoms. The van der Waals surface area contributed by atoms with Crippen molar-refractivity contribution in [3.63, 3.8) is 0 Å². The minimum atomic E-state index is 0.364. The third-order valence-electron chi connectivity index (χ3n) is 1.82. The first-order valence-corrected chi connectivity index (χ1v) is 6.50. The Morgan fingerprint density at radius 3 is 2.76 bits per heavy atom. The predicted molar refractivity (Wildman–Crippen MR) is 70.4 cm³/mol. The van der Waals surface area contributed by atoms with Crippen LogP contribution in [0.25, 0.3) is 0 Å². The SMILES string of the molecule is CN(C)c1nc(NN)nc(Sc2cccs2)n1. The quantitative estimate of drug-likeness (QED) is 0.641. The van der Waals surface area contributed by atoms with Crippen molar-refractivity contribution in [2.75, 3.05) is 24.4 Å². The molecule has 0 aromatic carbocycles. The summed E-state index contributed by atoms with van der Waals surface area (Å²) in [5, 5.41) is 2.64. The molecule has 2 heterocycles. The molecule has 0 aliphatic rings. The molecule has 2 rings (SSSR count). The molecule has 0 amide bonds. The van der Waals surface area contributed by atoms with E-state index in [1.165, 1.54) is 11.8 Å². The van der Waals surface area contributed by atoms with Crippen molar-refractivity contribution in [2.24, 2.45) is 5.84 Å². The predicted octanol–water partition coefficient (Wildman–Crippen LogP) is 1.44. The second kappa shape index (κ2) is 5.30. The van der Waals surface area contributed by atoms with Crippen molar-refractivity contribution in [1.29, 1.82) is 0 Å². The van der Waals surface area contributed by atoms with E-state index in [-0.39, 0.29) is 0 Å². The maximum absolute atomic E-state index is 5.33. The number of aromatic nitrogens is 3. The average molecular weight is 268 g/mol. The van der Waals surface area contributed by atoms with Crippen LogP contribution in [-0.4, -0.2) is 29.0 Å². The Balaban J connectivity index is 2.29. The fourth-order valence-electron chi connectivity index (χ4n) is 1.07. The Morgan fingerprint density at radius 2 is 2.18 bits per heavy atom. The lowest BCUT2D eigenvalue weighted by atomic mass is 10.7. The van der Waals surface area contributed by atoms with Gasteiger partial charge in [-0.3, -0.25) is 5.43 Å². The maximum atomic E-state index is 5.33. The fourth-order valence-corrected chi connectivity index (χ4v) is 2.68. The van der Waals surface area contributed by atoms with E-state index in [0.717, 1.165) is 4.21 Å². The number of nitrogens with two attached hydrogens (primary N) is 1. The smallest absolute Gasteiger partial charge is 0.242 e. The molecule has 0 saturated carbocycles. The van der Waals surface area contributed by atoms with Gasteiger partial charge in [0.15, 0.2) is 5.16 Å². The Morgan fingerprint density at radius 1 is 1.35 bits per heavy atom. The number of hydrogen-bond acceptors (Lipinski definition) is 8. The summed E-state index contributed by atoms with van der Waals surface area (Å²) in [4.78, 5) is 14.5. The molecule has 0 atom stereocenters. The molecular formula is C9H12N6S2. The number of nitrogen functional groups attached to an aromatic ring is 1. The Labute approximate surface area is 107 Å². The lowest BCUT2D eigenvalue weighted by Crippen LogP contribution is -2.17. The summed E-state index contributed by atoms with van der Waals surface area (Å²) in [6.07, 6.45) is 0. The Kier molecular flexibility index (Phi) is 3.77. The van der Waals surface area contributed by atoms with Gasteiger partial charge in [0, 0.05) is 14.1 Å². The molecule has 0 radical (unpaired) electrons. The van der Waals surface area contributed by atoms with Crippen LogP contribution in [0.3, 0.4) is 0 Å². The van der Waals surface area contributed by atoms with Crippen molar-refractivity contribution in [3.8, 4) is 0 Å². The molecule has 0 aliphatic carbocycles. The Hall–Kier alpha value is -1.38. The first kappa shape index (κ1) is 12.1. The van der Waals surface area contributed by atoms with Crippen LogP contribution in [-0.2, 0) is 0 Å². The molecule has 6 nitrogen and oxygen atoms in total. The number of hydrazine groups is 1. The van der Waals surface area contributed by atoms with Gasteiger partial charge in [0.05, 0.1) is 4.21 Å². The highest BCUT2D eigenvalue weighted by Gasteiger charge is 2.09. The van der Waals surface area contributed by atoms with Crippen LogP contribution in [0.2, 0.25) is 0 Å². The van der Waals surface area contributed by atoms with Crippen molar-refractivity contribution >= 4 is 35.0 Å². The van der Waals surface area contributed by atoms with Gasteiger partial charge in [0.25, 0.3) is 0 Å². The molecule has 0 unspecified atom stereocenters. The second-order valence-electron chi connectivity index (χ2n) is 3.31. The van der Waals surface area contributed by atoms with Crippen LogP contribution in [0.5, 0.6) is 0 Å². The molecule has 17 heavy (non-hydrogen) atoms. The zero-order valence-electron chi connectivity index (χ0n) is 9.41. The number of thiophene rings is 1. The second-order valence-corrected chi connectivity index (χ2v) is 5.53. The zero-order chi connectivity index (χ0) is 12.3. The van der Waals surface area contributed by atoms with Crippen LogP contribution in [0.15, 0.2) is 26.9 Å². The standard InChI is InChI=1S/C9H12N6S2/c1-15(2)8-11-7(14-10)12-9(13-8)17-6-4-3-5-16-6/h3-5H,10H2,1-2H3,(H,11,12,13,14). The van der Waals surface area contributed by atoms with E-state index >= 15 is 0 Å². The van der Waals surface area contributed by atoms with Crippen LogP contribution >= 0.6 is 23.1 Å². The van der Waals surface area contributed by atoms with Crippen molar-refractivity contribution in [2.45, 2.75) is 9.37 Å². The number of nitrogens with zero attached hydrogens (tertiary/aromatic N) is 4. The normalized spacial score (nSPS) is 10.3.